The number of H-pyrrole nitrogens is 1. The molecule has 0 radical (unpaired) electrons. The summed E-state index contributed by atoms with van der Waals surface area (Å²) in [5, 5.41) is 17.0. The zero-order chi connectivity index (χ0) is 20.1. The molecule has 3 rings (SSSR count). The summed E-state index contributed by atoms with van der Waals surface area (Å²) in [5.41, 5.74) is 2.93. The SMILES string of the molecule is CCCCn1c(O)c(C(CC)=NNc2cccc3ccccc23)c(=O)[nH]c1=O. The molecule has 0 aliphatic heterocycles. The van der Waals surface area contributed by atoms with Crippen LogP contribution in [0.2, 0.25) is 0 Å². The lowest BCUT2D eigenvalue weighted by Gasteiger charge is -2.12. The fourth-order valence-electron chi connectivity index (χ4n) is 3.11. The first-order valence-corrected chi connectivity index (χ1v) is 9.43. The summed E-state index contributed by atoms with van der Waals surface area (Å²) in [4.78, 5) is 26.7. The molecule has 2 aromatic carbocycles. The average Bonchev–Trinajstić information content (AvgIpc) is 2.70. The number of anilines is 1. The first-order chi connectivity index (χ1) is 13.6. The lowest BCUT2D eigenvalue weighted by Crippen LogP contribution is -2.34. The van der Waals surface area contributed by atoms with Gasteiger partial charge in [0.2, 0.25) is 5.88 Å². The largest absolute Gasteiger partial charge is 0.494 e. The maximum absolute atomic E-state index is 12.4. The third-order valence-electron chi connectivity index (χ3n) is 4.63. The lowest BCUT2D eigenvalue weighted by molar-refractivity contribution is 0.394. The quantitative estimate of drug-likeness (QED) is 0.432. The Morgan fingerprint density at radius 1 is 1.14 bits per heavy atom. The number of rotatable bonds is 7. The van der Waals surface area contributed by atoms with Crippen LogP contribution in [0.1, 0.15) is 38.7 Å². The predicted octanol–water partition coefficient (Wildman–Crippen LogP) is 3.42. The Kier molecular flexibility index (Phi) is 5.93. The van der Waals surface area contributed by atoms with Crippen LogP contribution in [0.3, 0.4) is 0 Å². The Hall–Kier alpha value is -3.35. The van der Waals surface area contributed by atoms with E-state index in [1.54, 1.807) is 0 Å². The molecule has 0 spiro atoms. The van der Waals surface area contributed by atoms with Gasteiger partial charge in [-0.2, -0.15) is 5.10 Å². The van der Waals surface area contributed by atoms with E-state index in [0.29, 0.717) is 25.1 Å². The molecule has 0 saturated heterocycles. The minimum Gasteiger partial charge on any atom is -0.494 e. The van der Waals surface area contributed by atoms with Crippen molar-refractivity contribution in [3.05, 3.63) is 68.9 Å². The van der Waals surface area contributed by atoms with Crippen LogP contribution < -0.4 is 16.7 Å². The molecule has 0 atom stereocenters. The molecule has 7 heteroatoms. The van der Waals surface area contributed by atoms with Gasteiger partial charge in [-0.25, -0.2) is 4.79 Å². The number of aromatic nitrogens is 2. The molecule has 0 bridgehead atoms. The molecule has 0 saturated carbocycles. The van der Waals surface area contributed by atoms with Gasteiger partial charge in [-0.3, -0.25) is 19.8 Å². The highest BCUT2D eigenvalue weighted by molar-refractivity contribution is 6.03. The molecule has 0 fully saturated rings. The van der Waals surface area contributed by atoms with E-state index in [0.717, 1.165) is 22.9 Å². The molecule has 7 nitrogen and oxygen atoms in total. The van der Waals surface area contributed by atoms with Crippen LogP contribution in [0.15, 0.2) is 57.2 Å². The van der Waals surface area contributed by atoms with Crippen molar-refractivity contribution in [2.24, 2.45) is 5.10 Å². The number of hydrogen-bond acceptors (Lipinski definition) is 5. The predicted molar refractivity (Wildman–Crippen MR) is 112 cm³/mol. The average molecular weight is 380 g/mol. The Morgan fingerprint density at radius 2 is 1.89 bits per heavy atom. The van der Waals surface area contributed by atoms with Gasteiger partial charge in [-0.15, -0.1) is 0 Å². The van der Waals surface area contributed by atoms with E-state index in [4.69, 9.17) is 0 Å². The smallest absolute Gasteiger partial charge is 0.331 e. The fourth-order valence-corrected chi connectivity index (χ4v) is 3.11. The standard InChI is InChI=1S/C21H24N4O3/c1-3-5-13-25-20(27)18(19(26)22-21(25)28)16(4-2)23-24-17-12-8-10-14-9-6-7-11-15(14)17/h6-12,24,27H,3-5,13H2,1-2H3,(H,22,26,28). The molecule has 28 heavy (non-hydrogen) atoms. The van der Waals surface area contributed by atoms with Crippen LogP contribution in [0, 0.1) is 0 Å². The highest BCUT2D eigenvalue weighted by Gasteiger charge is 2.18. The van der Waals surface area contributed by atoms with Gasteiger partial charge in [0.1, 0.15) is 5.56 Å². The summed E-state index contributed by atoms with van der Waals surface area (Å²) in [7, 11) is 0. The number of hydrazone groups is 1. The highest BCUT2D eigenvalue weighted by Crippen LogP contribution is 2.23. The number of benzene rings is 2. The Bertz CT molecular complexity index is 1120. The van der Waals surface area contributed by atoms with E-state index in [2.05, 4.69) is 15.5 Å². The zero-order valence-electron chi connectivity index (χ0n) is 16.0. The first-order valence-electron chi connectivity index (χ1n) is 9.43. The van der Waals surface area contributed by atoms with Crippen molar-refractivity contribution in [1.82, 2.24) is 9.55 Å². The van der Waals surface area contributed by atoms with Crippen molar-refractivity contribution in [3.63, 3.8) is 0 Å². The first kappa shape index (κ1) is 19.4. The van der Waals surface area contributed by atoms with Crippen molar-refractivity contribution < 1.29 is 5.11 Å². The van der Waals surface area contributed by atoms with Gasteiger partial charge >= 0.3 is 5.69 Å². The van der Waals surface area contributed by atoms with E-state index in [9.17, 15) is 14.7 Å². The second kappa shape index (κ2) is 8.56. The molecular formula is C21H24N4O3. The summed E-state index contributed by atoms with van der Waals surface area (Å²) in [6, 6.07) is 13.7. The summed E-state index contributed by atoms with van der Waals surface area (Å²) >= 11 is 0. The van der Waals surface area contributed by atoms with Crippen LogP contribution in [0.5, 0.6) is 5.88 Å². The van der Waals surface area contributed by atoms with Crippen molar-refractivity contribution in [3.8, 4) is 5.88 Å². The van der Waals surface area contributed by atoms with Gasteiger partial charge in [0.15, 0.2) is 0 Å². The molecule has 1 heterocycles. The normalized spacial score (nSPS) is 11.7. The topological polar surface area (TPSA) is 99.5 Å². The number of fused-ring (bicyclic) bond motifs is 1. The molecule has 146 valence electrons. The second-order valence-corrected chi connectivity index (χ2v) is 6.51. The monoisotopic (exact) mass is 380 g/mol. The van der Waals surface area contributed by atoms with E-state index in [-0.39, 0.29) is 11.4 Å². The molecular weight excluding hydrogens is 356 g/mol. The van der Waals surface area contributed by atoms with Crippen molar-refractivity contribution >= 4 is 22.2 Å². The molecule has 3 N–H and O–H groups in total. The van der Waals surface area contributed by atoms with Gasteiger partial charge in [-0.1, -0.05) is 56.7 Å². The minimum absolute atomic E-state index is 0.0194. The molecule has 0 aliphatic rings. The van der Waals surface area contributed by atoms with E-state index in [1.165, 1.54) is 4.57 Å². The number of aromatic amines is 1. The third kappa shape index (κ3) is 3.83. The lowest BCUT2D eigenvalue weighted by atomic mass is 10.1. The van der Waals surface area contributed by atoms with Crippen molar-refractivity contribution in [2.75, 3.05) is 5.43 Å². The highest BCUT2D eigenvalue weighted by atomic mass is 16.3. The fraction of sp³-hybridized carbons (Fsp3) is 0.286. The minimum atomic E-state index is -0.643. The van der Waals surface area contributed by atoms with Gasteiger partial charge in [0.05, 0.1) is 11.4 Å². The number of unbranched alkanes of at least 4 members (excludes halogenated alkanes) is 1. The van der Waals surface area contributed by atoms with Crippen LogP contribution >= 0.6 is 0 Å². The summed E-state index contributed by atoms with van der Waals surface area (Å²) in [6.07, 6.45) is 1.98. The Labute approximate surface area is 162 Å². The van der Waals surface area contributed by atoms with Crippen molar-refractivity contribution in [1.29, 1.82) is 0 Å². The van der Waals surface area contributed by atoms with Crippen molar-refractivity contribution in [2.45, 2.75) is 39.7 Å². The zero-order valence-corrected chi connectivity index (χ0v) is 16.0. The molecule has 0 unspecified atom stereocenters. The third-order valence-corrected chi connectivity index (χ3v) is 4.63. The van der Waals surface area contributed by atoms with Gasteiger partial charge in [-0.05, 0) is 24.3 Å². The van der Waals surface area contributed by atoms with Gasteiger partial charge in [0, 0.05) is 11.9 Å². The Morgan fingerprint density at radius 3 is 2.64 bits per heavy atom. The van der Waals surface area contributed by atoms with E-state index >= 15 is 0 Å². The number of aromatic hydroxyl groups is 1. The summed E-state index contributed by atoms with van der Waals surface area (Å²) < 4.78 is 1.18. The molecule has 0 aliphatic carbocycles. The number of nitrogens with zero attached hydrogens (tertiary/aromatic N) is 2. The second-order valence-electron chi connectivity index (χ2n) is 6.51. The van der Waals surface area contributed by atoms with Crippen LogP contribution in [0.25, 0.3) is 10.8 Å². The molecule has 3 aromatic rings. The van der Waals surface area contributed by atoms with Gasteiger partial charge < -0.3 is 5.11 Å². The maximum Gasteiger partial charge on any atom is 0.331 e. The number of nitrogens with one attached hydrogen (secondary N) is 2. The van der Waals surface area contributed by atoms with E-state index < -0.39 is 11.2 Å². The van der Waals surface area contributed by atoms with E-state index in [1.807, 2.05) is 56.3 Å². The summed E-state index contributed by atoms with van der Waals surface area (Å²) in [6.45, 7) is 4.16. The van der Waals surface area contributed by atoms with Gasteiger partial charge in [0.25, 0.3) is 5.56 Å². The van der Waals surface area contributed by atoms with Crippen LogP contribution in [-0.4, -0.2) is 20.4 Å². The number of hydrogen-bond donors (Lipinski definition) is 3. The maximum atomic E-state index is 12.4. The van der Waals surface area contributed by atoms with Crippen LogP contribution in [0.4, 0.5) is 5.69 Å². The van der Waals surface area contributed by atoms with Crippen LogP contribution in [-0.2, 0) is 6.54 Å². The molecule has 1 aromatic heterocycles. The summed E-state index contributed by atoms with van der Waals surface area (Å²) in [5.74, 6) is -0.345. The Balaban J connectivity index is 2.03. The molecule has 0 amide bonds.